The molecule has 1 unspecified atom stereocenters. The summed E-state index contributed by atoms with van der Waals surface area (Å²) in [6.07, 6.45) is 6.98. The van der Waals surface area contributed by atoms with Crippen molar-refractivity contribution in [3.8, 4) is 0 Å². The van der Waals surface area contributed by atoms with E-state index in [0.717, 1.165) is 65.1 Å². The average molecular weight is 475 g/mol. The predicted molar refractivity (Wildman–Crippen MR) is 127 cm³/mol. The van der Waals surface area contributed by atoms with Crippen LogP contribution in [0.15, 0.2) is 24.5 Å². The number of piperazine rings is 1. The molecule has 31 heavy (non-hydrogen) atoms. The Kier molecular flexibility index (Phi) is 12.2. The highest BCUT2D eigenvalue weighted by Crippen LogP contribution is 2.23. The lowest BCUT2D eigenvalue weighted by Crippen LogP contribution is -2.47. The van der Waals surface area contributed by atoms with Crippen molar-refractivity contribution in [1.29, 1.82) is 0 Å². The van der Waals surface area contributed by atoms with Crippen molar-refractivity contribution in [3.05, 3.63) is 24.5 Å². The molecule has 1 aromatic heterocycles. The number of carbonyl (C=O) groups excluding carboxylic acids is 2. The quantitative estimate of drug-likeness (QED) is 0.565. The van der Waals surface area contributed by atoms with Crippen LogP contribution in [0.2, 0.25) is 0 Å². The molecule has 2 aliphatic rings. The van der Waals surface area contributed by atoms with Crippen molar-refractivity contribution in [2.45, 2.75) is 45.6 Å². The van der Waals surface area contributed by atoms with Crippen LogP contribution in [0.5, 0.6) is 0 Å². The standard InChI is InChI=1S/C22H34N4O3.2ClH/c1-18(29-19(2)27)20-7-12-26(13-8-20)22(28)4-3-11-24-14-16-25(17-15-24)21-5-9-23-10-6-21;;/h5-6,9-10,18,20H,3-4,7-8,11-17H2,1-2H3;2*1H. The van der Waals surface area contributed by atoms with E-state index >= 15 is 0 Å². The van der Waals surface area contributed by atoms with Crippen LogP contribution in [0.3, 0.4) is 0 Å². The Morgan fingerprint density at radius 2 is 1.68 bits per heavy atom. The summed E-state index contributed by atoms with van der Waals surface area (Å²) in [7, 11) is 0. The third-order valence-electron chi connectivity index (χ3n) is 6.17. The lowest BCUT2D eigenvalue weighted by Gasteiger charge is -2.36. The smallest absolute Gasteiger partial charge is 0.302 e. The average Bonchev–Trinajstić information content (AvgIpc) is 2.74. The lowest BCUT2D eigenvalue weighted by molar-refractivity contribution is -0.150. The van der Waals surface area contributed by atoms with Gasteiger partial charge < -0.3 is 14.5 Å². The number of halogens is 2. The number of carbonyl (C=O) groups is 2. The first-order valence-electron chi connectivity index (χ1n) is 10.9. The van der Waals surface area contributed by atoms with Crippen molar-refractivity contribution in [2.75, 3.05) is 50.7 Å². The normalized spacial score (nSPS) is 18.5. The Morgan fingerprint density at radius 1 is 1.06 bits per heavy atom. The minimum Gasteiger partial charge on any atom is -0.463 e. The fourth-order valence-corrected chi connectivity index (χ4v) is 4.37. The molecule has 0 N–H and O–H groups in total. The summed E-state index contributed by atoms with van der Waals surface area (Å²) in [4.78, 5) is 34.6. The summed E-state index contributed by atoms with van der Waals surface area (Å²) >= 11 is 0. The van der Waals surface area contributed by atoms with Gasteiger partial charge in [-0.3, -0.25) is 19.5 Å². The highest BCUT2D eigenvalue weighted by molar-refractivity contribution is 5.85. The highest BCUT2D eigenvalue weighted by atomic mass is 35.5. The maximum Gasteiger partial charge on any atom is 0.302 e. The van der Waals surface area contributed by atoms with Gasteiger partial charge in [-0.25, -0.2) is 0 Å². The molecule has 0 spiro atoms. The largest absolute Gasteiger partial charge is 0.463 e. The summed E-state index contributed by atoms with van der Waals surface area (Å²) in [5.74, 6) is 0.399. The molecule has 0 radical (unpaired) electrons. The van der Waals surface area contributed by atoms with Crippen LogP contribution in [0.4, 0.5) is 5.69 Å². The first-order valence-corrected chi connectivity index (χ1v) is 10.9. The Labute approximate surface area is 198 Å². The number of nitrogens with zero attached hydrogens (tertiary/aromatic N) is 4. The van der Waals surface area contributed by atoms with E-state index in [1.54, 1.807) is 0 Å². The molecule has 0 saturated carbocycles. The van der Waals surface area contributed by atoms with E-state index in [9.17, 15) is 9.59 Å². The minimum atomic E-state index is -0.224. The molecule has 3 rings (SSSR count). The monoisotopic (exact) mass is 474 g/mol. The lowest BCUT2D eigenvalue weighted by atomic mass is 9.92. The highest BCUT2D eigenvalue weighted by Gasteiger charge is 2.27. The van der Waals surface area contributed by atoms with Gasteiger partial charge in [0.25, 0.3) is 0 Å². The van der Waals surface area contributed by atoms with Gasteiger partial charge in [-0.15, -0.1) is 24.8 Å². The fourth-order valence-electron chi connectivity index (χ4n) is 4.37. The number of ether oxygens (including phenoxy) is 1. The zero-order valence-corrected chi connectivity index (χ0v) is 20.2. The van der Waals surface area contributed by atoms with Crippen LogP contribution in [0.1, 0.15) is 39.5 Å². The van der Waals surface area contributed by atoms with E-state index in [4.69, 9.17) is 4.74 Å². The van der Waals surface area contributed by atoms with Gasteiger partial charge in [0.1, 0.15) is 6.10 Å². The molecule has 176 valence electrons. The number of esters is 1. The Balaban J connectivity index is 0.00000240. The minimum absolute atomic E-state index is 0. The molecule has 0 aromatic carbocycles. The van der Waals surface area contributed by atoms with Crippen molar-refractivity contribution >= 4 is 42.4 Å². The summed E-state index contributed by atoms with van der Waals surface area (Å²) in [5.41, 5.74) is 1.24. The van der Waals surface area contributed by atoms with E-state index in [2.05, 4.69) is 26.9 Å². The molecule has 0 aliphatic carbocycles. The van der Waals surface area contributed by atoms with E-state index in [-0.39, 0.29) is 42.8 Å². The molecule has 1 amide bonds. The van der Waals surface area contributed by atoms with Crippen molar-refractivity contribution in [3.63, 3.8) is 0 Å². The van der Waals surface area contributed by atoms with Crippen LogP contribution in [0.25, 0.3) is 0 Å². The predicted octanol–water partition coefficient (Wildman–Crippen LogP) is 3.02. The number of aromatic nitrogens is 1. The summed E-state index contributed by atoms with van der Waals surface area (Å²) in [5, 5.41) is 0. The molecule has 2 saturated heterocycles. The molecule has 0 bridgehead atoms. The SMILES string of the molecule is CC(=O)OC(C)C1CCN(C(=O)CCCN2CCN(c3ccncc3)CC2)CC1.Cl.Cl. The van der Waals surface area contributed by atoms with Crippen LogP contribution in [0, 0.1) is 5.92 Å². The third kappa shape index (κ3) is 8.47. The van der Waals surface area contributed by atoms with Crippen LogP contribution in [-0.4, -0.2) is 78.6 Å². The van der Waals surface area contributed by atoms with E-state index in [1.807, 2.05) is 24.2 Å². The third-order valence-corrected chi connectivity index (χ3v) is 6.17. The zero-order valence-electron chi connectivity index (χ0n) is 18.6. The number of hydrogen-bond acceptors (Lipinski definition) is 6. The first-order chi connectivity index (χ1) is 14.0. The van der Waals surface area contributed by atoms with Gasteiger partial charge in [-0.1, -0.05) is 0 Å². The molecule has 1 aromatic rings. The number of hydrogen-bond donors (Lipinski definition) is 0. The second kappa shape index (κ2) is 13.8. The second-order valence-corrected chi connectivity index (χ2v) is 8.17. The Bertz CT molecular complexity index is 664. The summed E-state index contributed by atoms with van der Waals surface area (Å²) in [6.45, 7) is 10.1. The molecule has 2 fully saturated rings. The van der Waals surface area contributed by atoms with Crippen LogP contribution >= 0.6 is 24.8 Å². The topological polar surface area (TPSA) is 66.0 Å². The molecular weight excluding hydrogens is 439 g/mol. The number of likely N-dealkylation sites (tertiary alicyclic amines) is 1. The Morgan fingerprint density at radius 3 is 2.26 bits per heavy atom. The number of piperidine rings is 1. The fraction of sp³-hybridized carbons (Fsp3) is 0.682. The molecule has 1 atom stereocenters. The van der Waals surface area contributed by atoms with E-state index in [1.165, 1.54) is 12.6 Å². The maximum absolute atomic E-state index is 12.5. The molecular formula is C22H36Cl2N4O3. The van der Waals surface area contributed by atoms with Gasteiger partial charge in [-0.2, -0.15) is 0 Å². The van der Waals surface area contributed by atoms with Crippen molar-refractivity contribution in [2.24, 2.45) is 5.92 Å². The molecule has 7 nitrogen and oxygen atoms in total. The van der Waals surface area contributed by atoms with Gasteiger partial charge in [-0.05, 0) is 50.8 Å². The van der Waals surface area contributed by atoms with Crippen molar-refractivity contribution < 1.29 is 14.3 Å². The Hall–Kier alpha value is -1.57. The van der Waals surface area contributed by atoms with Gasteiger partial charge in [0, 0.05) is 70.7 Å². The number of rotatable bonds is 7. The van der Waals surface area contributed by atoms with Crippen molar-refractivity contribution in [1.82, 2.24) is 14.8 Å². The number of pyridine rings is 1. The molecule has 9 heteroatoms. The molecule has 2 aliphatic heterocycles. The second-order valence-electron chi connectivity index (χ2n) is 8.17. The maximum atomic E-state index is 12.5. The van der Waals surface area contributed by atoms with Crippen LogP contribution < -0.4 is 4.90 Å². The van der Waals surface area contributed by atoms with Gasteiger partial charge >= 0.3 is 5.97 Å². The zero-order chi connectivity index (χ0) is 20.6. The van der Waals surface area contributed by atoms with E-state index in [0.29, 0.717) is 12.3 Å². The van der Waals surface area contributed by atoms with Crippen LogP contribution in [-0.2, 0) is 14.3 Å². The number of amides is 1. The molecule has 3 heterocycles. The van der Waals surface area contributed by atoms with E-state index < -0.39 is 0 Å². The van der Waals surface area contributed by atoms with Gasteiger partial charge in [0.15, 0.2) is 0 Å². The summed E-state index contributed by atoms with van der Waals surface area (Å²) < 4.78 is 5.30. The van der Waals surface area contributed by atoms with Gasteiger partial charge in [0.2, 0.25) is 5.91 Å². The summed E-state index contributed by atoms with van der Waals surface area (Å²) in [6, 6.07) is 4.12. The van der Waals surface area contributed by atoms with Gasteiger partial charge in [0.05, 0.1) is 0 Å². The number of anilines is 1. The first kappa shape index (κ1) is 27.5.